The maximum atomic E-state index is 11.9. The van der Waals surface area contributed by atoms with Gasteiger partial charge in [0, 0.05) is 26.1 Å². The molecule has 0 aliphatic rings. The fraction of sp³-hybridized carbons (Fsp3) is 0.533. The lowest BCUT2D eigenvalue weighted by Gasteiger charge is -2.25. The van der Waals surface area contributed by atoms with Gasteiger partial charge in [-0.15, -0.1) is 12.4 Å². The van der Waals surface area contributed by atoms with Crippen molar-refractivity contribution in [3.05, 3.63) is 35.4 Å². The first-order chi connectivity index (χ1) is 8.54. The van der Waals surface area contributed by atoms with E-state index in [-0.39, 0.29) is 24.4 Å². The molecule has 0 fully saturated rings. The van der Waals surface area contributed by atoms with Crippen LogP contribution in [0.2, 0.25) is 0 Å². The number of carbonyl (C=O) groups is 1. The van der Waals surface area contributed by atoms with Crippen LogP contribution in [-0.4, -0.2) is 37.5 Å². The fourth-order valence-electron chi connectivity index (χ4n) is 1.86. The molecule has 0 aromatic heterocycles. The van der Waals surface area contributed by atoms with Crippen LogP contribution < -0.4 is 5.32 Å². The second-order valence-corrected chi connectivity index (χ2v) is 4.90. The summed E-state index contributed by atoms with van der Waals surface area (Å²) in [4.78, 5) is 13.7. The van der Waals surface area contributed by atoms with Gasteiger partial charge in [-0.05, 0) is 32.9 Å². The van der Waals surface area contributed by atoms with Gasteiger partial charge >= 0.3 is 0 Å². The van der Waals surface area contributed by atoms with Crippen LogP contribution in [-0.2, 0) is 11.2 Å². The number of likely N-dealkylation sites (N-methyl/N-ethyl adjacent to an activating group) is 1. The summed E-state index contributed by atoms with van der Waals surface area (Å²) in [5, 5.41) is 3.00. The lowest BCUT2D eigenvalue weighted by molar-refractivity contribution is -0.131. The van der Waals surface area contributed by atoms with Crippen molar-refractivity contribution in [2.75, 3.05) is 20.6 Å². The maximum Gasteiger partial charge on any atom is 0.223 e. The summed E-state index contributed by atoms with van der Waals surface area (Å²) >= 11 is 0. The van der Waals surface area contributed by atoms with Crippen LogP contribution in [0.4, 0.5) is 0 Å². The van der Waals surface area contributed by atoms with Crippen LogP contribution in [0.1, 0.15) is 24.5 Å². The summed E-state index contributed by atoms with van der Waals surface area (Å²) in [6, 6.07) is 8.74. The first-order valence-corrected chi connectivity index (χ1v) is 6.50. The second-order valence-electron chi connectivity index (χ2n) is 4.90. The Bertz CT molecular complexity index is 378. The van der Waals surface area contributed by atoms with Crippen molar-refractivity contribution in [2.45, 2.75) is 32.7 Å². The number of carbonyl (C=O) groups excluding carboxylic acids is 1. The zero-order valence-corrected chi connectivity index (χ0v) is 13.1. The number of benzene rings is 1. The number of hydrogen-bond donors (Lipinski definition) is 1. The zero-order chi connectivity index (χ0) is 13.5. The highest BCUT2D eigenvalue weighted by molar-refractivity contribution is 5.85. The second kappa shape index (κ2) is 8.94. The average molecular weight is 285 g/mol. The third kappa shape index (κ3) is 6.08. The van der Waals surface area contributed by atoms with Gasteiger partial charge < -0.3 is 10.2 Å². The normalized spacial score (nSPS) is 11.6. The third-order valence-electron chi connectivity index (χ3n) is 3.30. The standard InChI is InChI=1S/C15H24N2O.ClH/c1-12-5-7-14(8-6-12)11-13(2)17(4)15(18)9-10-16-3;/h5-8,13,16H,9-11H2,1-4H3;1H. The SMILES string of the molecule is CNCCC(=O)N(C)C(C)Cc1ccc(C)cc1.Cl. The smallest absolute Gasteiger partial charge is 0.223 e. The van der Waals surface area contributed by atoms with Gasteiger partial charge in [-0.3, -0.25) is 4.79 Å². The molecule has 0 heterocycles. The molecule has 0 saturated heterocycles. The molecule has 19 heavy (non-hydrogen) atoms. The Kier molecular flexibility index (Phi) is 8.44. The van der Waals surface area contributed by atoms with Crippen molar-refractivity contribution < 1.29 is 4.79 Å². The highest BCUT2D eigenvalue weighted by Crippen LogP contribution is 2.09. The van der Waals surface area contributed by atoms with Crippen LogP contribution in [0, 0.1) is 6.92 Å². The van der Waals surface area contributed by atoms with Gasteiger partial charge in [0.15, 0.2) is 0 Å². The number of amides is 1. The molecule has 1 amide bonds. The van der Waals surface area contributed by atoms with E-state index < -0.39 is 0 Å². The van der Waals surface area contributed by atoms with Crippen molar-refractivity contribution in [3.63, 3.8) is 0 Å². The molecule has 1 rings (SSSR count). The van der Waals surface area contributed by atoms with Crippen LogP contribution in [0.5, 0.6) is 0 Å². The van der Waals surface area contributed by atoms with E-state index in [1.165, 1.54) is 11.1 Å². The van der Waals surface area contributed by atoms with E-state index in [1.54, 1.807) is 0 Å². The first kappa shape index (κ1) is 17.9. The largest absolute Gasteiger partial charge is 0.343 e. The Hall–Kier alpha value is -1.06. The molecule has 1 atom stereocenters. The van der Waals surface area contributed by atoms with Gasteiger partial charge in [0.1, 0.15) is 0 Å². The number of hydrogen-bond acceptors (Lipinski definition) is 2. The quantitative estimate of drug-likeness (QED) is 0.870. The summed E-state index contributed by atoms with van der Waals surface area (Å²) in [5.74, 6) is 0.198. The van der Waals surface area contributed by atoms with E-state index in [0.717, 1.165) is 13.0 Å². The van der Waals surface area contributed by atoms with Crippen molar-refractivity contribution in [1.29, 1.82) is 0 Å². The first-order valence-electron chi connectivity index (χ1n) is 6.50. The minimum Gasteiger partial charge on any atom is -0.343 e. The molecule has 1 aromatic rings. The van der Waals surface area contributed by atoms with Crippen molar-refractivity contribution in [3.8, 4) is 0 Å². The van der Waals surface area contributed by atoms with Crippen LogP contribution >= 0.6 is 12.4 Å². The maximum absolute atomic E-state index is 11.9. The van der Waals surface area contributed by atoms with Crippen LogP contribution in [0.25, 0.3) is 0 Å². The molecular weight excluding hydrogens is 260 g/mol. The molecule has 0 aliphatic carbocycles. The van der Waals surface area contributed by atoms with E-state index in [4.69, 9.17) is 0 Å². The molecule has 3 nitrogen and oxygen atoms in total. The van der Waals surface area contributed by atoms with Crippen molar-refractivity contribution in [2.24, 2.45) is 0 Å². The van der Waals surface area contributed by atoms with Gasteiger partial charge in [-0.1, -0.05) is 29.8 Å². The number of rotatable bonds is 6. The third-order valence-corrected chi connectivity index (χ3v) is 3.30. The Balaban J connectivity index is 0.00000324. The molecule has 0 spiro atoms. The minimum atomic E-state index is 0. The van der Waals surface area contributed by atoms with Gasteiger partial charge in [-0.25, -0.2) is 0 Å². The van der Waals surface area contributed by atoms with Gasteiger partial charge in [-0.2, -0.15) is 0 Å². The Morgan fingerprint density at radius 2 is 1.89 bits per heavy atom. The number of nitrogens with zero attached hydrogens (tertiary/aromatic N) is 1. The summed E-state index contributed by atoms with van der Waals surface area (Å²) in [7, 11) is 3.75. The Morgan fingerprint density at radius 3 is 2.42 bits per heavy atom. The monoisotopic (exact) mass is 284 g/mol. The molecule has 108 valence electrons. The Morgan fingerprint density at radius 1 is 1.32 bits per heavy atom. The summed E-state index contributed by atoms with van der Waals surface area (Å²) in [6.07, 6.45) is 1.47. The highest BCUT2D eigenvalue weighted by Gasteiger charge is 2.15. The zero-order valence-electron chi connectivity index (χ0n) is 12.3. The van der Waals surface area contributed by atoms with E-state index >= 15 is 0 Å². The molecule has 0 radical (unpaired) electrons. The summed E-state index contributed by atoms with van der Waals surface area (Å²) < 4.78 is 0. The number of nitrogens with one attached hydrogen (secondary N) is 1. The predicted octanol–water partition coefficient (Wildman–Crippen LogP) is 2.42. The van der Waals surface area contributed by atoms with Crippen LogP contribution in [0.15, 0.2) is 24.3 Å². The molecule has 1 aromatic carbocycles. The van der Waals surface area contributed by atoms with Crippen molar-refractivity contribution in [1.82, 2.24) is 10.2 Å². The van der Waals surface area contributed by atoms with E-state index in [9.17, 15) is 4.79 Å². The average Bonchev–Trinajstić information content (AvgIpc) is 2.37. The molecule has 1 unspecified atom stereocenters. The summed E-state index contributed by atoms with van der Waals surface area (Å²) in [6.45, 7) is 4.91. The van der Waals surface area contributed by atoms with Crippen molar-refractivity contribution >= 4 is 18.3 Å². The number of aryl methyl sites for hydroxylation is 1. The molecule has 0 saturated carbocycles. The van der Waals surface area contributed by atoms with E-state index in [0.29, 0.717) is 6.42 Å². The summed E-state index contributed by atoms with van der Waals surface area (Å²) in [5.41, 5.74) is 2.55. The minimum absolute atomic E-state index is 0. The van der Waals surface area contributed by atoms with E-state index in [1.807, 2.05) is 19.0 Å². The molecule has 0 bridgehead atoms. The topological polar surface area (TPSA) is 32.3 Å². The molecule has 4 heteroatoms. The Labute approximate surface area is 122 Å². The van der Waals surface area contributed by atoms with Gasteiger partial charge in [0.2, 0.25) is 5.91 Å². The highest BCUT2D eigenvalue weighted by atomic mass is 35.5. The van der Waals surface area contributed by atoms with Gasteiger partial charge in [0.05, 0.1) is 0 Å². The lowest BCUT2D eigenvalue weighted by Crippen LogP contribution is -2.37. The molecule has 0 aliphatic heterocycles. The van der Waals surface area contributed by atoms with Gasteiger partial charge in [0.25, 0.3) is 0 Å². The van der Waals surface area contributed by atoms with Crippen LogP contribution in [0.3, 0.4) is 0 Å². The van der Waals surface area contributed by atoms with E-state index in [2.05, 4.69) is 43.4 Å². The lowest BCUT2D eigenvalue weighted by atomic mass is 10.0. The molecule has 1 N–H and O–H groups in total. The molecular formula is C15H25ClN2O. The fourth-order valence-corrected chi connectivity index (χ4v) is 1.86. The predicted molar refractivity (Wildman–Crippen MR) is 82.9 cm³/mol. The number of halogens is 1.